The summed E-state index contributed by atoms with van der Waals surface area (Å²) in [6, 6.07) is 14.5. The highest BCUT2D eigenvalue weighted by atomic mass is 19.1. The number of amides is 1. The Balaban J connectivity index is 1.58. The number of allylic oxidation sites excluding steroid dienone is 1. The van der Waals surface area contributed by atoms with Crippen molar-refractivity contribution in [1.29, 1.82) is 0 Å². The first-order chi connectivity index (χ1) is 15.3. The third kappa shape index (κ3) is 4.62. The zero-order valence-electron chi connectivity index (χ0n) is 19.0. The third-order valence-electron chi connectivity index (χ3n) is 6.19. The molecule has 1 unspecified atom stereocenters. The van der Waals surface area contributed by atoms with Crippen molar-refractivity contribution in [3.8, 4) is 0 Å². The molecule has 0 radical (unpaired) electrons. The Hall–Kier alpha value is -3.34. The number of aryl methyl sites for hydroxylation is 3. The molecular weight excluding hydrogens is 401 g/mol. The number of rotatable bonds is 5. The largest absolute Gasteiger partial charge is 0.320 e. The summed E-state index contributed by atoms with van der Waals surface area (Å²) in [6.45, 7) is 8.63. The van der Waals surface area contributed by atoms with Gasteiger partial charge in [-0.15, -0.1) is 0 Å². The van der Waals surface area contributed by atoms with E-state index in [1.165, 1.54) is 12.1 Å². The molecular formula is C27H28FN3O. The van der Waals surface area contributed by atoms with E-state index in [1.807, 2.05) is 57.2 Å². The SMILES string of the molecule is CC1=NCC(CCc2ccc(F)cc2)C(C)=C1NC(=O)c1cc(C)nc2ccc(C)cc12. The highest BCUT2D eigenvalue weighted by Crippen LogP contribution is 2.26. The summed E-state index contributed by atoms with van der Waals surface area (Å²) in [5.41, 5.74) is 7.23. The summed E-state index contributed by atoms with van der Waals surface area (Å²) >= 11 is 0. The molecule has 2 heterocycles. The minimum atomic E-state index is -0.221. The molecule has 4 nitrogen and oxygen atoms in total. The van der Waals surface area contributed by atoms with E-state index in [2.05, 4.69) is 22.2 Å². The third-order valence-corrected chi connectivity index (χ3v) is 6.19. The van der Waals surface area contributed by atoms with Crippen LogP contribution in [0.3, 0.4) is 0 Å². The number of aliphatic imine (C=N–C) groups is 1. The van der Waals surface area contributed by atoms with Crippen LogP contribution >= 0.6 is 0 Å². The molecule has 1 N–H and O–H groups in total. The van der Waals surface area contributed by atoms with Crippen LogP contribution in [0.1, 0.15) is 47.4 Å². The van der Waals surface area contributed by atoms with Crippen LogP contribution in [-0.4, -0.2) is 23.1 Å². The number of benzene rings is 2. The maximum Gasteiger partial charge on any atom is 0.256 e. The van der Waals surface area contributed by atoms with Gasteiger partial charge in [0.15, 0.2) is 0 Å². The minimum absolute atomic E-state index is 0.144. The molecule has 1 aromatic heterocycles. The van der Waals surface area contributed by atoms with Gasteiger partial charge in [0.25, 0.3) is 5.91 Å². The molecule has 0 spiro atoms. The lowest BCUT2D eigenvalue weighted by Gasteiger charge is -2.25. The predicted octanol–water partition coefficient (Wildman–Crippen LogP) is 5.72. The molecule has 1 aliphatic rings. The van der Waals surface area contributed by atoms with E-state index >= 15 is 0 Å². The zero-order valence-corrected chi connectivity index (χ0v) is 19.0. The van der Waals surface area contributed by atoms with Crippen molar-refractivity contribution in [3.63, 3.8) is 0 Å². The van der Waals surface area contributed by atoms with Gasteiger partial charge < -0.3 is 5.32 Å². The van der Waals surface area contributed by atoms with Gasteiger partial charge in [0.1, 0.15) is 5.82 Å². The lowest BCUT2D eigenvalue weighted by Crippen LogP contribution is -2.32. The van der Waals surface area contributed by atoms with Crippen LogP contribution in [0.5, 0.6) is 0 Å². The van der Waals surface area contributed by atoms with Crippen molar-refractivity contribution in [2.75, 3.05) is 6.54 Å². The van der Waals surface area contributed by atoms with E-state index in [0.717, 1.165) is 57.5 Å². The molecule has 0 aliphatic carbocycles. The molecule has 0 bridgehead atoms. The number of aromatic nitrogens is 1. The van der Waals surface area contributed by atoms with E-state index < -0.39 is 0 Å². The van der Waals surface area contributed by atoms with Crippen molar-refractivity contribution in [3.05, 3.63) is 88.0 Å². The molecule has 4 rings (SSSR count). The Morgan fingerprint density at radius 2 is 1.81 bits per heavy atom. The van der Waals surface area contributed by atoms with Gasteiger partial charge in [-0.2, -0.15) is 0 Å². The van der Waals surface area contributed by atoms with Crippen LogP contribution in [-0.2, 0) is 6.42 Å². The number of carbonyl (C=O) groups excluding carboxylic acids is 1. The summed E-state index contributed by atoms with van der Waals surface area (Å²) < 4.78 is 13.2. The molecule has 164 valence electrons. The number of nitrogens with zero attached hydrogens (tertiary/aromatic N) is 2. The number of dihydropyridines is 1. The van der Waals surface area contributed by atoms with E-state index in [-0.39, 0.29) is 17.6 Å². The summed E-state index contributed by atoms with van der Waals surface area (Å²) in [6.07, 6.45) is 1.73. The zero-order chi connectivity index (χ0) is 22.8. The van der Waals surface area contributed by atoms with Crippen LogP contribution in [0.25, 0.3) is 10.9 Å². The van der Waals surface area contributed by atoms with E-state index in [1.54, 1.807) is 0 Å². The van der Waals surface area contributed by atoms with Gasteiger partial charge >= 0.3 is 0 Å². The molecule has 2 aromatic carbocycles. The van der Waals surface area contributed by atoms with E-state index in [4.69, 9.17) is 0 Å². The van der Waals surface area contributed by atoms with Crippen molar-refractivity contribution < 1.29 is 9.18 Å². The number of pyridine rings is 1. The number of halogens is 1. The van der Waals surface area contributed by atoms with Crippen LogP contribution in [0.15, 0.2) is 64.8 Å². The molecule has 1 aliphatic heterocycles. The van der Waals surface area contributed by atoms with E-state index in [9.17, 15) is 9.18 Å². The van der Waals surface area contributed by atoms with Gasteiger partial charge in [-0.05, 0) is 82.0 Å². The van der Waals surface area contributed by atoms with Crippen LogP contribution in [0.4, 0.5) is 4.39 Å². The van der Waals surface area contributed by atoms with Gasteiger partial charge in [-0.3, -0.25) is 14.8 Å². The highest BCUT2D eigenvalue weighted by Gasteiger charge is 2.23. The fourth-order valence-electron chi connectivity index (χ4n) is 4.28. The number of hydrogen-bond donors (Lipinski definition) is 1. The summed E-state index contributed by atoms with van der Waals surface area (Å²) in [5, 5.41) is 3.99. The molecule has 3 aromatic rings. The second-order valence-corrected chi connectivity index (χ2v) is 8.63. The first kappa shape index (κ1) is 21.9. The fraction of sp³-hybridized carbons (Fsp3) is 0.296. The van der Waals surface area contributed by atoms with Crippen molar-refractivity contribution in [2.24, 2.45) is 10.9 Å². The number of carbonyl (C=O) groups is 1. The smallest absolute Gasteiger partial charge is 0.256 e. The first-order valence-electron chi connectivity index (χ1n) is 11.0. The van der Waals surface area contributed by atoms with Gasteiger partial charge in [0, 0.05) is 23.5 Å². The molecule has 0 saturated carbocycles. The molecule has 5 heteroatoms. The maximum absolute atomic E-state index is 13.3. The Bertz CT molecular complexity index is 1240. The second-order valence-electron chi connectivity index (χ2n) is 8.63. The quantitative estimate of drug-likeness (QED) is 0.564. The molecule has 1 amide bonds. The van der Waals surface area contributed by atoms with Gasteiger partial charge in [-0.1, -0.05) is 23.8 Å². The Morgan fingerprint density at radius 3 is 2.56 bits per heavy atom. The minimum Gasteiger partial charge on any atom is -0.320 e. The maximum atomic E-state index is 13.3. The lowest BCUT2D eigenvalue weighted by atomic mass is 9.88. The molecule has 0 saturated heterocycles. The molecule has 1 atom stereocenters. The van der Waals surface area contributed by atoms with Crippen LogP contribution in [0, 0.1) is 25.6 Å². The van der Waals surface area contributed by atoms with Gasteiger partial charge in [0.05, 0.1) is 22.5 Å². The number of fused-ring (bicyclic) bond motifs is 1. The number of hydrogen-bond acceptors (Lipinski definition) is 3. The van der Waals surface area contributed by atoms with Crippen molar-refractivity contribution in [1.82, 2.24) is 10.3 Å². The van der Waals surface area contributed by atoms with E-state index in [0.29, 0.717) is 12.1 Å². The topological polar surface area (TPSA) is 54.4 Å². The predicted molar refractivity (Wildman–Crippen MR) is 128 cm³/mol. The average molecular weight is 430 g/mol. The standard InChI is InChI=1S/C27H28FN3O/c1-16-5-12-25-23(13-16)24(14-17(2)30-25)27(32)31-26-18(3)21(15-29-19(26)4)9-6-20-7-10-22(28)11-8-20/h5,7-8,10-14,21H,6,9,15H2,1-4H3,(H,31,32). The first-order valence-corrected chi connectivity index (χ1v) is 11.0. The lowest BCUT2D eigenvalue weighted by molar-refractivity contribution is 0.0968. The monoisotopic (exact) mass is 429 g/mol. The van der Waals surface area contributed by atoms with Crippen LogP contribution in [0.2, 0.25) is 0 Å². The average Bonchev–Trinajstić information content (AvgIpc) is 2.77. The summed E-state index contributed by atoms with van der Waals surface area (Å²) in [4.78, 5) is 22.6. The van der Waals surface area contributed by atoms with Crippen molar-refractivity contribution in [2.45, 2.75) is 40.5 Å². The van der Waals surface area contributed by atoms with Crippen molar-refractivity contribution >= 4 is 22.5 Å². The van der Waals surface area contributed by atoms with Gasteiger partial charge in [-0.25, -0.2) is 4.39 Å². The highest BCUT2D eigenvalue weighted by molar-refractivity contribution is 6.11. The van der Waals surface area contributed by atoms with Gasteiger partial charge in [0.2, 0.25) is 0 Å². The number of nitrogens with one attached hydrogen (secondary N) is 1. The van der Waals surface area contributed by atoms with Crippen LogP contribution < -0.4 is 5.32 Å². The fourth-order valence-corrected chi connectivity index (χ4v) is 4.28. The Morgan fingerprint density at radius 1 is 1.06 bits per heavy atom. The summed E-state index contributed by atoms with van der Waals surface area (Å²) in [5.74, 6) is -0.131. The Labute approximate surface area is 188 Å². The molecule has 0 fully saturated rings. The molecule has 32 heavy (non-hydrogen) atoms. The normalized spacial score (nSPS) is 16.3. The Kier molecular flexibility index (Phi) is 6.17. The second kappa shape index (κ2) is 9.03. The summed E-state index contributed by atoms with van der Waals surface area (Å²) in [7, 11) is 0.